The smallest absolute Gasteiger partial charge is 0.204 e. The van der Waals surface area contributed by atoms with Crippen LogP contribution >= 0.6 is 27.3 Å². The Bertz CT molecular complexity index is 767. The van der Waals surface area contributed by atoms with Crippen LogP contribution in [-0.2, 0) is 0 Å². The Labute approximate surface area is 134 Å². The number of hydrogen-bond acceptors (Lipinski definition) is 5. The van der Waals surface area contributed by atoms with Crippen LogP contribution in [0.3, 0.4) is 0 Å². The predicted octanol–water partition coefficient (Wildman–Crippen LogP) is 4.51. The third kappa shape index (κ3) is 3.22. The summed E-state index contributed by atoms with van der Waals surface area (Å²) in [4.78, 5) is 4.45. The number of thiazole rings is 1. The number of anilines is 1. The molecule has 6 heteroatoms. The van der Waals surface area contributed by atoms with Gasteiger partial charge in [0.05, 0.1) is 28.0 Å². The Hall–Kier alpha value is -1.92. The molecule has 0 aliphatic carbocycles. The summed E-state index contributed by atoms with van der Waals surface area (Å²) in [7, 11) is 1.64. The van der Waals surface area contributed by atoms with Crippen molar-refractivity contribution in [1.29, 1.82) is 0 Å². The summed E-state index contributed by atoms with van der Waals surface area (Å²) < 4.78 is 7.23. The fraction of sp³-hybridized carbons (Fsp3) is 0.0667. The van der Waals surface area contributed by atoms with E-state index in [1.807, 2.05) is 42.5 Å². The molecule has 0 radical (unpaired) electrons. The lowest BCUT2D eigenvalue weighted by molar-refractivity contribution is 0.412. The molecule has 3 rings (SSSR count). The topological polar surface area (TPSA) is 46.5 Å². The minimum absolute atomic E-state index is 0.778. The zero-order valence-corrected chi connectivity index (χ0v) is 13.6. The van der Waals surface area contributed by atoms with E-state index >= 15 is 0 Å². The molecular formula is C15H12BrN3OS. The van der Waals surface area contributed by atoms with Gasteiger partial charge in [0.15, 0.2) is 0 Å². The number of nitrogens with zero attached hydrogens (tertiary/aromatic N) is 2. The molecule has 0 bridgehead atoms. The highest BCUT2D eigenvalue weighted by Gasteiger charge is 2.02. The molecule has 106 valence electrons. The first-order valence-electron chi connectivity index (χ1n) is 6.24. The molecule has 0 aliphatic rings. The Morgan fingerprint density at radius 1 is 1.29 bits per heavy atom. The minimum Gasteiger partial charge on any atom is -0.496 e. The average Bonchev–Trinajstić information content (AvgIpc) is 2.90. The zero-order valence-electron chi connectivity index (χ0n) is 11.2. The van der Waals surface area contributed by atoms with E-state index in [9.17, 15) is 0 Å². The normalized spacial score (nSPS) is 11.1. The van der Waals surface area contributed by atoms with Crippen LogP contribution in [0.5, 0.6) is 5.75 Å². The second kappa shape index (κ2) is 6.24. The van der Waals surface area contributed by atoms with Gasteiger partial charge >= 0.3 is 0 Å². The maximum atomic E-state index is 5.19. The number of rotatable bonds is 4. The second-order valence-corrected chi connectivity index (χ2v) is 6.14. The maximum absolute atomic E-state index is 5.19. The van der Waals surface area contributed by atoms with Gasteiger partial charge in [-0.3, -0.25) is 5.43 Å². The lowest BCUT2D eigenvalue weighted by Gasteiger charge is -2.02. The molecule has 3 aromatic rings. The number of methoxy groups -OCH3 is 1. The van der Waals surface area contributed by atoms with Gasteiger partial charge in [-0.2, -0.15) is 5.10 Å². The van der Waals surface area contributed by atoms with Crippen molar-refractivity contribution in [3.8, 4) is 5.75 Å². The van der Waals surface area contributed by atoms with Crippen LogP contribution in [0.1, 0.15) is 5.56 Å². The molecule has 1 heterocycles. The van der Waals surface area contributed by atoms with Gasteiger partial charge in [0.2, 0.25) is 5.13 Å². The van der Waals surface area contributed by atoms with Crippen molar-refractivity contribution in [3.05, 3.63) is 52.5 Å². The molecule has 0 atom stereocenters. The summed E-state index contributed by atoms with van der Waals surface area (Å²) in [5.74, 6) is 0.797. The molecule has 0 saturated carbocycles. The summed E-state index contributed by atoms with van der Waals surface area (Å²) in [5.41, 5.74) is 4.91. The fourth-order valence-corrected chi connectivity index (χ4v) is 3.22. The van der Waals surface area contributed by atoms with Crippen LogP contribution in [0.15, 0.2) is 52.0 Å². The number of hydrogen-bond donors (Lipinski definition) is 1. The van der Waals surface area contributed by atoms with Crippen LogP contribution in [-0.4, -0.2) is 18.3 Å². The highest BCUT2D eigenvalue weighted by Crippen LogP contribution is 2.26. The van der Waals surface area contributed by atoms with Crippen LogP contribution < -0.4 is 10.2 Å². The summed E-state index contributed by atoms with van der Waals surface area (Å²) in [6, 6.07) is 13.8. The number of hydrazone groups is 1. The summed E-state index contributed by atoms with van der Waals surface area (Å²) in [6.07, 6.45) is 1.75. The van der Waals surface area contributed by atoms with Gasteiger partial charge in [0.1, 0.15) is 5.75 Å². The summed E-state index contributed by atoms with van der Waals surface area (Å²) >= 11 is 5.03. The molecule has 4 nitrogen and oxygen atoms in total. The van der Waals surface area contributed by atoms with E-state index < -0.39 is 0 Å². The van der Waals surface area contributed by atoms with Crippen molar-refractivity contribution >= 4 is 48.8 Å². The van der Waals surface area contributed by atoms with Crippen molar-refractivity contribution in [2.24, 2.45) is 5.10 Å². The van der Waals surface area contributed by atoms with E-state index in [0.29, 0.717) is 0 Å². The summed E-state index contributed by atoms with van der Waals surface area (Å²) in [5, 5.41) is 4.99. The summed E-state index contributed by atoms with van der Waals surface area (Å²) in [6.45, 7) is 0. The molecule has 0 amide bonds. The zero-order chi connectivity index (χ0) is 14.7. The van der Waals surface area contributed by atoms with Crippen molar-refractivity contribution in [2.75, 3.05) is 12.5 Å². The van der Waals surface area contributed by atoms with Crippen molar-refractivity contribution in [1.82, 2.24) is 4.98 Å². The van der Waals surface area contributed by atoms with Gasteiger partial charge < -0.3 is 4.74 Å². The van der Waals surface area contributed by atoms with E-state index in [-0.39, 0.29) is 0 Å². The third-order valence-electron chi connectivity index (χ3n) is 2.84. The average molecular weight is 362 g/mol. The van der Waals surface area contributed by atoms with Gasteiger partial charge in [-0.15, -0.1) is 0 Å². The monoisotopic (exact) mass is 361 g/mol. The molecule has 0 aliphatic heterocycles. The molecule has 0 saturated heterocycles. The Kier molecular flexibility index (Phi) is 4.17. The number of fused-ring (bicyclic) bond motifs is 1. The largest absolute Gasteiger partial charge is 0.496 e. The minimum atomic E-state index is 0.778. The van der Waals surface area contributed by atoms with Crippen LogP contribution in [0.2, 0.25) is 0 Å². The molecule has 0 unspecified atom stereocenters. The van der Waals surface area contributed by atoms with Crippen molar-refractivity contribution in [3.63, 3.8) is 0 Å². The van der Waals surface area contributed by atoms with Crippen molar-refractivity contribution in [2.45, 2.75) is 0 Å². The molecule has 21 heavy (non-hydrogen) atoms. The van der Waals surface area contributed by atoms with Crippen LogP contribution in [0.4, 0.5) is 5.13 Å². The maximum Gasteiger partial charge on any atom is 0.204 e. The number of nitrogens with one attached hydrogen (secondary N) is 1. The van der Waals surface area contributed by atoms with E-state index in [0.717, 1.165) is 31.1 Å². The first kappa shape index (κ1) is 14.0. The van der Waals surface area contributed by atoms with E-state index in [2.05, 4.69) is 31.4 Å². The Morgan fingerprint density at radius 2 is 2.14 bits per heavy atom. The Balaban J connectivity index is 1.73. The number of benzene rings is 2. The molecule has 0 spiro atoms. The molecular weight excluding hydrogens is 350 g/mol. The first-order valence-corrected chi connectivity index (χ1v) is 7.85. The molecule has 0 fully saturated rings. The molecule has 1 N–H and O–H groups in total. The third-order valence-corrected chi connectivity index (χ3v) is 4.40. The molecule has 1 aromatic heterocycles. The lowest BCUT2D eigenvalue weighted by atomic mass is 10.2. The first-order chi connectivity index (χ1) is 10.3. The van der Waals surface area contributed by atoms with Gasteiger partial charge in [0, 0.05) is 0 Å². The lowest BCUT2D eigenvalue weighted by Crippen LogP contribution is -1.91. The fourth-order valence-electron chi connectivity index (χ4n) is 1.84. The number of aromatic nitrogens is 1. The van der Waals surface area contributed by atoms with Crippen LogP contribution in [0, 0.1) is 0 Å². The van der Waals surface area contributed by atoms with Gasteiger partial charge in [-0.05, 0) is 51.8 Å². The quantitative estimate of drug-likeness (QED) is 0.549. The van der Waals surface area contributed by atoms with Gasteiger partial charge in [-0.25, -0.2) is 4.98 Å². The SMILES string of the molecule is COc1ccc(/C=N/Nc2nc3ccccc3s2)cc1Br. The predicted molar refractivity (Wildman–Crippen MR) is 91.5 cm³/mol. The second-order valence-electron chi connectivity index (χ2n) is 4.25. The van der Waals surface area contributed by atoms with E-state index in [1.54, 1.807) is 24.7 Å². The highest BCUT2D eigenvalue weighted by atomic mass is 79.9. The van der Waals surface area contributed by atoms with E-state index in [1.165, 1.54) is 0 Å². The van der Waals surface area contributed by atoms with Gasteiger partial charge in [-0.1, -0.05) is 23.5 Å². The number of halogens is 1. The molecule has 2 aromatic carbocycles. The number of ether oxygens (including phenoxy) is 1. The number of para-hydroxylation sites is 1. The Morgan fingerprint density at radius 3 is 2.90 bits per heavy atom. The standard InChI is InChI=1S/C15H12BrN3OS/c1-20-13-7-6-10(8-11(13)16)9-17-19-15-18-12-4-2-3-5-14(12)21-15/h2-9H,1H3,(H,18,19)/b17-9+. The highest BCUT2D eigenvalue weighted by molar-refractivity contribution is 9.10. The van der Waals surface area contributed by atoms with E-state index in [4.69, 9.17) is 4.74 Å². The van der Waals surface area contributed by atoms with Crippen molar-refractivity contribution < 1.29 is 4.74 Å². The van der Waals surface area contributed by atoms with Crippen LogP contribution in [0.25, 0.3) is 10.2 Å². The van der Waals surface area contributed by atoms with Gasteiger partial charge in [0.25, 0.3) is 0 Å².